The van der Waals surface area contributed by atoms with E-state index in [2.05, 4.69) is 11.2 Å². The van der Waals surface area contributed by atoms with E-state index < -0.39 is 27.4 Å². The highest BCUT2D eigenvalue weighted by Gasteiger charge is 2.24. The molecule has 2 atom stereocenters. The van der Waals surface area contributed by atoms with Crippen molar-refractivity contribution >= 4 is 50.5 Å². The summed E-state index contributed by atoms with van der Waals surface area (Å²) in [5, 5.41) is 12.1. The molecule has 8 heteroatoms. The zero-order valence-corrected chi connectivity index (χ0v) is 16.2. The number of benzene rings is 2. The molecule has 1 amide bonds. The molecule has 0 aliphatic heterocycles. The zero-order valence-electron chi connectivity index (χ0n) is 13.9. The second-order valence-electron chi connectivity index (χ2n) is 5.82. The first-order chi connectivity index (χ1) is 12.1. The lowest BCUT2D eigenvalue weighted by Crippen LogP contribution is -2.42. The zero-order chi connectivity index (χ0) is 19.5. The Morgan fingerprint density at radius 3 is 2.31 bits per heavy atom. The maximum Gasteiger partial charge on any atom is 0.326 e. The highest BCUT2D eigenvalue weighted by Crippen LogP contribution is 2.24. The van der Waals surface area contributed by atoms with E-state index in [0.29, 0.717) is 10.5 Å². The number of carbonyl (C=O) groups excluding carboxylic acids is 1. The lowest BCUT2D eigenvalue weighted by molar-refractivity contribution is -0.139. The van der Waals surface area contributed by atoms with Gasteiger partial charge in [0.25, 0.3) is 5.91 Å². The Kier molecular flexibility index (Phi) is 6.34. The summed E-state index contributed by atoms with van der Waals surface area (Å²) in [6.45, 7) is 0. The number of aliphatic carboxylic acids is 1. The molecule has 0 aliphatic rings. The van der Waals surface area contributed by atoms with Crippen LogP contribution in [0.25, 0.3) is 0 Å². The van der Waals surface area contributed by atoms with Gasteiger partial charge in [-0.05, 0) is 45.2 Å². The van der Waals surface area contributed by atoms with Crippen LogP contribution in [0, 0.1) is 0 Å². The van der Waals surface area contributed by atoms with Crippen molar-refractivity contribution in [1.82, 2.24) is 5.32 Å². The number of hydrogen-bond donors (Lipinski definition) is 2. The molecular formula is C18H17Cl2NO4S. The Bertz CT molecular complexity index is 937. The molecule has 0 aromatic heterocycles. The Balaban J connectivity index is 2.25. The van der Waals surface area contributed by atoms with E-state index in [-0.39, 0.29) is 22.0 Å². The Morgan fingerprint density at radius 2 is 1.77 bits per heavy atom. The monoisotopic (exact) mass is 413 g/mol. The quantitative estimate of drug-likeness (QED) is 0.712. The first-order valence-corrected chi connectivity index (χ1v) is 10.4. The predicted molar refractivity (Wildman–Crippen MR) is 105 cm³/mol. The van der Waals surface area contributed by atoms with Gasteiger partial charge >= 0.3 is 5.97 Å². The molecule has 0 aliphatic carbocycles. The van der Waals surface area contributed by atoms with Crippen LogP contribution < -0.4 is 5.32 Å². The summed E-state index contributed by atoms with van der Waals surface area (Å²) in [6, 6.07) is 10.0. The van der Waals surface area contributed by atoms with E-state index in [4.69, 9.17) is 23.2 Å². The predicted octanol–water partition coefficient (Wildman–Crippen LogP) is 3.12. The van der Waals surface area contributed by atoms with Crippen LogP contribution in [0.3, 0.4) is 0 Å². The second-order valence-corrected chi connectivity index (χ2v) is 9.11. The average molecular weight is 414 g/mol. The molecule has 0 fully saturated rings. The van der Waals surface area contributed by atoms with Gasteiger partial charge in [0.05, 0.1) is 15.6 Å². The van der Waals surface area contributed by atoms with Crippen LogP contribution in [0.5, 0.6) is 0 Å². The summed E-state index contributed by atoms with van der Waals surface area (Å²) in [7, 11) is -2.43. The second kappa shape index (κ2) is 8.12. The first-order valence-electron chi connectivity index (χ1n) is 7.48. The molecule has 0 saturated heterocycles. The lowest BCUT2D eigenvalue weighted by Gasteiger charge is -2.16. The Hall–Kier alpha value is -2.02. The van der Waals surface area contributed by atoms with Crippen LogP contribution in [-0.2, 0) is 20.7 Å². The third-order valence-electron chi connectivity index (χ3n) is 3.63. The summed E-state index contributed by atoms with van der Waals surface area (Å²) < 4.78 is 12.1. The molecule has 5 nitrogen and oxygen atoms in total. The van der Waals surface area contributed by atoms with Crippen LogP contribution in [0.1, 0.15) is 15.9 Å². The molecule has 0 radical (unpaired) electrons. The van der Waals surface area contributed by atoms with E-state index in [1.165, 1.54) is 18.4 Å². The number of carboxylic acid groups (broad SMARTS) is 1. The van der Waals surface area contributed by atoms with Gasteiger partial charge in [0.1, 0.15) is 6.04 Å². The number of hydrogen-bond acceptors (Lipinski definition) is 3. The van der Waals surface area contributed by atoms with Crippen LogP contribution in [0.2, 0.25) is 10.0 Å². The molecule has 2 aromatic rings. The highest BCUT2D eigenvalue weighted by molar-refractivity contribution is 7.99. The molecule has 2 N–H and O–H groups in total. The summed E-state index contributed by atoms with van der Waals surface area (Å²) in [5.41, 5.74) is 0.629. The third-order valence-corrected chi connectivity index (χ3v) is 5.51. The standard InChI is InChI=1S/C18H17Cl2NO4S/c1-26(2,25)12-6-3-5-11(9-12)10-15(18(23)24)21-17(22)16-13(19)7-4-8-14(16)20/h3-9,15H,1,10H2,2H3,(H,21,22)(H,23,24)/t15-,26?/m0/s1. The van der Waals surface area contributed by atoms with Gasteiger partial charge in [0, 0.05) is 17.6 Å². The molecular weight excluding hydrogens is 397 g/mol. The lowest BCUT2D eigenvalue weighted by atomic mass is 10.1. The van der Waals surface area contributed by atoms with Crippen LogP contribution >= 0.6 is 23.2 Å². The van der Waals surface area contributed by atoms with E-state index in [9.17, 15) is 18.9 Å². The largest absolute Gasteiger partial charge is 0.480 e. The van der Waals surface area contributed by atoms with Crippen LogP contribution in [0.15, 0.2) is 47.4 Å². The summed E-state index contributed by atoms with van der Waals surface area (Å²) in [5.74, 6) is 1.73. The van der Waals surface area contributed by atoms with Crippen molar-refractivity contribution in [2.45, 2.75) is 17.4 Å². The molecule has 0 saturated carbocycles. The number of carboxylic acids is 1. The van der Waals surface area contributed by atoms with Crippen molar-refractivity contribution < 1.29 is 18.9 Å². The van der Waals surface area contributed by atoms with E-state index in [1.54, 1.807) is 30.3 Å². The van der Waals surface area contributed by atoms with Crippen LogP contribution in [0.4, 0.5) is 0 Å². The molecule has 1 unspecified atom stereocenters. The first kappa shape index (κ1) is 20.3. The average Bonchev–Trinajstić information content (AvgIpc) is 2.53. The maximum atomic E-state index is 12.4. The number of halogens is 2. The normalized spacial score (nSPS) is 14.3. The smallest absolute Gasteiger partial charge is 0.326 e. The van der Waals surface area contributed by atoms with Crippen molar-refractivity contribution in [2.24, 2.45) is 0 Å². The van der Waals surface area contributed by atoms with Gasteiger partial charge in [-0.2, -0.15) is 0 Å². The number of rotatable bonds is 6. The molecule has 26 heavy (non-hydrogen) atoms. The molecule has 138 valence electrons. The van der Waals surface area contributed by atoms with Crippen molar-refractivity contribution in [3.8, 4) is 0 Å². The third kappa shape index (κ3) is 5.00. The van der Waals surface area contributed by atoms with Crippen LogP contribution in [-0.4, -0.2) is 39.4 Å². The highest BCUT2D eigenvalue weighted by atomic mass is 35.5. The van der Waals surface area contributed by atoms with Gasteiger partial charge in [-0.3, -0.25) is 9.00 Å². The maximum absolute atomic E-state index is 12.4. The van der Waals surface area contributed by atoms with E-state index in [1.807, 2.05) is 0 Å². The van der Waals surface area contributed by atoms with Gasteiger partial charge < -0.3 is 10.4 Å². The minimum atomic E-state index is -2.43. The topological polar surface area (TPSA) is 83.5 Å². The summed E-state index contributed by atoms with van der Waals surface area (Å²) in [6.07, 6.45) is 1.51. The molecule has 0 spiro atoms. The fraction of sp³-hybridized carbons (Fsp3) is 0.167. The van der Waals surface area contributed by atoms with Crippen molar-refractivity contribution in [1.29, 1.82) is 0 Å². The van der Waals surface area contributed by atoms with Crippen molar-refractivity contribution in [3.63, 3.8) is 0 Å². The Morgan fingerprint density at radius 1 is 1.19 bits per heavy atom. The minimum absolute atomic E-state index is 0.00645. The van der Waals surface area contributed by atoms with Gasteiger partial charge in [0.15, 0.2) is 0 Å². The Labute approximate surface area is 161 Å². The van der Waals surface area contributed by atoms with Gasteiger partial charge in [-0.15, -0.1) is 0 Å². The van der Waals surface area contributed by atoms with E-state index >= 15 is 0 Å². The van der Waals surface area contributed by atoms with Gasteiger partial charge in [0.2, 0.25) is 0 Å². The SMILES string of the molecule is C=S(C)(=O)c1cccc(C[C@H](NC(=O)c2c(Cl)cccc2Cl)C(=O)O)c1. The summed E-state index contributed by atoms with van der Waals surface area (Å²) >= 11 is 12.0. The fourth-order valence-corrected chi connectivity index (χ4v) is 3.66. The van der Waals surface area contributed by atoms with Crippen molar-refractivity contribution in [2.75, 3.05) is 6.26 Å². The van der Waals surface area contributed by atoms with E-state index in [0.717, 1.165) is 0 Å². The number of nitrogens with one attached hydrogen (secondary N) is 1. The number of amides is 1. The molecule has 2 aromatic carbocycles. The molecule has 0 heterocycles. The van der Waals surface area contributed by atoms with Gasteiger partial charge in [-0.1, -0.05) is 41.4 Å². The van der Waals surface area contributed by atoms with Gasteiger partial charge in [-0.25, -0.2) is 4.79 Å². The molecule has 0 bridgehead atoms. The summed E-state index contributed by atoms with van der Waals surface area (Å²) in [4.78, 5) is 24.5. The molecule has 2 rings (SSSR count). The minimum Gasteiger partial charge on any atom is -0.480 e. The fourth-order valence-electron chi connectivity index (χ4n) is 2.32. The van der Waals surface area contributed by atoms with Crippen molar-refractivity contribution in [3.05, 3.63) is 63.6 Å². The number of carbonyl (C=O) groups is 2.